The van der Waals surface area contributed by atoms with E-state index in [1.165, 1.54) is 0 Å². The van der Waals surface area contributed by atoms with Gasteiger partial charge in [0.1, 0.15) is 0 Å². The second-order valence-corrected chi connectivity index (χ2v) is 5.98. The van der Waals surface area contributed by atoms with E-state index < -0.39 is 0 Å². The van der Waals surface area contributed by atoms with E-state index in [1.807, 2.05) is 0 Å². The summed E-state index contributed by atoms with van der Waals surface area (Å²) < 4.78 is 0. The summed E-state index contributed by atoms with van der Waals surface area (Å²) in [5.41, 5.74) is 6.65. The summed E-state index contributed by atoms with van der Waals surface area (Å²) >= 11 is 0. The SMILES string of the molecule is CC1(C)CN(C(C)(C)C)CC[C@H]1N. The maximum Gasteiger partial charge on any atom is 0.0125 e. The average molecular weight is 184 g/mol. The maximum atomic E-state index is 6.09. The van der Waals surface area contributed by atoms with Crippen LogP contribution in [0, 0.1) is 5.41 Å². The molecule has 1 rings (SSSR count). The van der Waals surface area contributed by atoms with Crippen LogP contribution in [-0.4, -0.2) is 29.6 Å². The van der Waals surface area contributed by atoms with Gasteiger partial charge >= 0.3 is 0 Å². The quantitative estimate of drug-likeness (QED) is 0.622. The highest BCUT2D eigenvalue weighted by molar-refractivity contribution is 4.93. The monoisotopic (exact) mass is 184 g/mol. The van der Waals surface area contributed by atoms with Crippen LogP contribution in [0.3, 0.4) is 0 Å². The van der Waals surface area contributed by atoms with Crippen molar-refractivity contribution in [1.29, 1.82) is 0 Å². The van der Waals surface area contributed by atoms with E-state index in [-0.39, 0.29) is 11.0 Å². The fourth-order valence-corrected chi connectivity index (χ4v) is 1.95. The summed E-state index contributed by atoms with van der Waals surface area (Å²) in [6, 6.07) is 0.367. The van der Waals surface area contributed by atoms with Crippen LogP contribution in [0.4, 0.5) is 0 Å². The van der Waals surface area contributed by atoms with Gasteiger partial charge in [0.25, 0.3) is 0 Å². The molecule has 0 aromatic rings. The molecule has 0 amide bonds. The Kier molecular flexibility index (Phi) is 2.75. The van der Waals surface area contributed by atoms with Crippen LogP contribution in [-0.2, 0) is 0 Å². The fraction of sp³-hybridized carbons (Fsp3) is 1.00. The zero-order chi connectivity index (χ0) is 10.3. The Morgan fingerprint density at radius 1 is 1.31 bits per heavy atom. The molecule has 0 aliphatic carbocycles. The minimum absolute atomic E-state index is 0.269. The van der Waals surface area contributed by atoms with Crippen LogP contribution in [0.2, 0.25) is 0 Å². The molecule has 2 heteroatoms. The minimum Gasteiger partial charge on any atom is -0.327 e. The largest absolute Gasteiger partial charge is 0.327 e. The van der Waals surface area contributed by atoms with Crippen LogP contribution >= 0.6 is 0 Å². The minimum atomic E-state index is 0.269. The number of nitrogens with zero attached hydrogens (tertiary/aromatic N) is 1. The highest BCUT2D eigenvalue weighted by Gasteiger charge is 2.36. The fourth-order valence-electron chi connectivity index (χ4n) is 1.95. The second kappa shape index (κ2) is 3.25. The van der Waals surface area contributed by atoms with Gasteiger partial charge in [-0.15, -0.1) is 0 Å². The average Bonchev–Trinajstić information content (AvgIpc) is 1.92. The first-order chi connectivity index (χ1) is 5.73. The Morgan fingerprint density at radius 3 is 2.23 bits per heavy atom. The molecule has 1 fully saturated rings. The molecule has 0 radical (unpaired) electrons. The van der Waals surface area contributed by atoms with Crippen molar-refractivity contribution < 1.29 is 0 Å². The number of piperidine rings is 1. The van der Waals surface area contributed by atoms with Crippen molar-refractivity contribution in [2.45, 2.75) is 52.6 Å². The first-order valence-corrected chi connectivity index (χ1v) is 5.24. The van der Waals surface area contributed by atoms with Gasteiger partial charge < -0.3 is 5.73 Å². The van der Waals surface area contributed by atoms with Crippen molar-refractivity contribution in [3.63, 3.8) is 0 Å². The predicted molar refractivity (Wildman–Crippen MR) is 57.7 cm³/mol. The first kappa shape index (κ1) is 11.0. The van der Waals surface area contributed by atoms with Gasteiger partial charge in [-0.1, -0.05) is 13.8 Å². The molecular formula is C11H24N2. The third-order valence-corrected chi connectivity index (χ3v) is 3.26. The summed E-state index contributed by atoms with van der Waals surface area (Å²) in [6.45, 7) is 13.6. The lowest BCUT2D eigenvalue weighted by Gasteiger charge is -2.48. The first-order valence-electron chi connectivity index (χ1n) is 5.24. The van der Waals surface area contributed by atoms with Gasteiger partial charge in [-0.25, -0.2) is 0 Å². The Bertz CT molecular complexity index is 179. The van der Waals surface area contributed by atoms with Gasteiger partial charge in [-0.3, -0.25) is 4.90 Å². The molecule has 0 bridgehead atoms. The third kappa shape index (κ3) is 2.44. The van der Waals surface area contributed by atoms with E-state index >= 15 is 0 Å². The van der Waals surface area contributed by atoms with Gasteiger partial charge in [0, 0.05) is 24.7 Å². The molecule has 13 heavy (non-hydrogen) atoms. The van der Waals surface area contributed by atoms with E-state index in [1.54, 1.807) is 0 Å². The number of hydrogen-bond donors (Lipinski definition) is 1. The molecule has 1 atom stereocenters. The van der Waals surface area contributed by atoms with Crippen molar-refractivity contribution in [1.82, 2.24) is 4.90 Å². The molecule has 2 nitrogen and oxygen atoms in total. The molecular weight excluding hydrogens is 160 g/mol. The number of likely N-dealkylation sites (tertiary alicyclic amines) is 1. The zero-order valence-electron chi connectivity index (χ0n) is 9.72. The third-order valence-electron chi connectivity index (χ3n) is 3.26. The van der Waals surface area contributed by atoms with Gasteiger partial charge in [-0.2, -0.15) is 0 Å². The van der Waals surface area contributed by atoms with E-state index in [9.17, 15) is 0 Å². The molecule has 1 saturated heterocycles. The Morgan fingerprint density at radius 2 is 1.85 bits per heavy atom. The van der Waals surface area contributed by atoms with Gasteiger partial charge in [0.05, 0.1) is 0 Å². The molecule has 78 valence electrons. The molecule has 0 aromatic carbocycles. The normalized spacial score (nSPS) is 30.5. The highest BCUT2D eigenvalue weighted by atomic mass is 15.2. The Balaban J connectivity index is 2.66. The number of rotatable bonds is 0. The predicted octanol–water partition coefficient (Wildman–Crippen LogP) is 1.84. The zero-order valence-corrected chi connectivity index (χ0v) is 9.72. The van der Waals surface area contributed by atoms with Gasteiger partial charge in [0.2, 0.25) is 0 Å². The number of nitrogens with two attached hydrogens (primary N) is 1. The Hall–Kier alpha value is -0.0800. The summed E-state index contributed by atoms with van der Waals surface area (Å²) in [6.07, 6.45) is 1.13. The van der Waals surface area contributed by atoms with Crippen LogP contribution in [0.5, 0.6) is 0 Å². The van der Waals surface area contributed by atoms with Crippen molar-refractivity contribution in [3.05, 3.63) is 0 Å². The Labute approximate surface area is 82.5 Å². The van der Waals surface area contributed by atoms with Crippen LogP contribution < -0.4 is 5.73 Å². The van der Waals surface area contributed by atoms with Crippen LogP contribution in [0.15, 0.2) is 0 Å². The summed E-state index contributed by atoms with van der Waals surface area (Å²) in [5, 5.41) is 0. The molecule has 1 aliphatic rings. The maximum absolute atomic E-state index is 6.09. The van der Waals surface area contributed by atoms with Crippen molar-refractivity contribution in [2.24, 2.45) is 11.1 Å². The lowest BCUT2D eigenvalue weighted by Crippen LogP contribution is -2.57. The lowest BCUT2D eigenvalue weighted by molar-refractivity contribution is 0.0301. The van der Waals surface area contributed by atoms with Gasteiger partial charge in [0.15, 0.2) is 0 Å². The summed E-state index contributed by atoms with van der Waals surface area (Å²) in [5.74, 6) is 0. The lowest BCUT2D eigenvalue weighted by atomic mass is 9.78. The molecule has 1 aliphatic heterocycles. The molecule has 0 aromatic heterocycles. The molecule has 0 unspecified atom stereocenters. The summed E-state index contributed by atoms with van der Waals surface area (Å²) in [7, 11) is 0. The standard InChI is InChI=1S/C11H24N2/c1-10(2,3)13-7-6-9(12)11(4,5)8-13/h9H,6-8,12H2,1-5H3/t9-/m1/s1. The van der Waals surface area contributed by atoms with E-state index in [0.717, 1.165) is 19.5 Å². The smallest absolute Gasteiger partial charge is 0.0125 e. The molecule has 1 heterocycles. The molecule has 0 spiro atoms. The van der Waals surface area contributed by atoms with Crippen LogP contribution in [0.25, 0.3) is 0 Å². The highest BCUT2D eigenvalue weighted by Crippen LogP contribution is 2.31. The van der Waals surface area contributed by atoms with Crippen LogP contribution in [0.1, 0.15) is 41.0 Å². The van der Waals surface area contributed by atoms with Gasteiger partial charge in [-0.05, 0) is 32.6 Å². The van der Waals surface area contributed by atoms with Crippen molar-refractivity contribution >= 4 is 0 Å². The number of hydrogen-bond acceptors (Lipinski definition) is 2. The molecule has 2 N–H and O–H groups in total. The molecule has 0 saturated carbocycles. The summed E-state index contributed by atoms with van der Waals surface area (Å²) in [4.78, 5) is 2.54. The van der Waals surface area contributed by atoms with E-state index in [2.05, 4.69) is 39.5 Å². The van der Waals surface area contributed by atoms with Crippen molar-refractivity contribution in [3.8, 4) is 0 Å². The second-order valence-electron chi connectivity index (χ2n) is 5.98. The van der Waals surface area contributed by atoms with E-state index in [0.29, 0.717) is 6.04 Å². The van der Waals surface area contributed by atoms with E-state index in [4.69, 9.17) is 5.73 Å². The topological polar surface area (TPSA) is 29.3 Å². The van der Waals surface area contributed by atoms with Crippen molar-refractivity contribution in [2.75, 3.05) is 13.1 Å².